The molecule has 1 fully saturated rings. The quantitative estimate of drug-likeness (QED) is 0.775. The maximum absolute atomic E-state index is 5.62. The number of aromatic nitrogens is 3. The van der Waals surface area contributed by atoms with Crippen LogP contribution in [-0.4, -0.2) is 41.0 Å². The molecule has 1 saturated heterocycles. The van der Waals surface area contributed by atoms with E-state index in [9.17, 15) is 0 Å². The fourth-order valence-electron chi connectivity index (χ4n) is 1.83. The van der Waals surface area contributed by atoms with Crippen molar-refractivity contribution in [1.82, 2.24) is 15.0 Å². The lowest BCUT2D eigenvalue weighted by Crippen LogP contribution is -2.24. The molecule has 1 unspecified atom stereocenters. The maximum Gasteiger partial charge on any atom is 0.157 e. The summed E-state index contributed by atoms with van der Waals surface area (Å²) in [5.74, 6) is 0. The summed E-state index contributed by atoms with van der Waals surface area (Å²) in [6, 6.07) is 0. The third-order valence-electron chi connectivity index (χ3n) is 2.75. The van der Waals surface area contributed by atoms with Gasteiger partial charge in [-0.3, -0.25) is 0 Å². The van der Waals surface area contributed by atoms with Crippen LogP contribution >= 0.6 is 0 Å². The smallest absolute Gasteiger partial charge is 0.157 e. The standard InChI is InChI=1S/C11H20N4O2/c12-5-4-10-9-15(14-13-10)6-8-17-11-3-1-2-7-16-11/h9,11H,1-8,12H2. The highest BCUT2D eigenvalue weighted by Gasteiger charge is 2.13. The van der Waals surface area contributed by atoms with Crippen molar-refractivity contribution in [2.75, 3.05) is 19.8 Å². The van der Waals surface area contributed by atoms with Crippen LogP contribution in [0.1, 0.15) is 25.0 Å². The van der Waals surface area contributed by atoms with Crippen LogP contribution in [0.5, 0.6) is 0 Å². The molecule has 1 aromatic heterocycles. The highest BCUT2D eigenvalue weighted by molar-refractivity contribution is 4.92. The van der Waals surface area contributed by atoms with Gasteiger partial charge in [-0.2, -0.15) is 0 Å². The summed E-state index contributed by atoms with van der Waals surface area (Å²) in [6.45, 7) is 2.73. The zero-order chi connectivity index (χ0) is 11.9. The summed E-state index contributed by atoms with van der Waals surface area (Å²) in [4.78, 5) is 0. The molecule has 0 aromatic carbocycles. The molecule has 1 aliphatic rings. The summed E-state index contributed by atoms with van der Waals surface area (Å²) in [5, 5.41) is 8.03. The van der Waals surface area contributed by atoms with E-state index in [1.807, 2.05) is 6.20 Å². The van der Waals surface area contributed by atoms with Gasteiger partial charge in [0.05, 0.1) is 18.8 Å². The maximum atomic E-state index is 5.62. The molecule has 2 N–H and O–H groups in total. The molecule has 1 aromatic rings. The zero-order valence-electron chi connectivity index (χ0n) is 10.0. The van der Waals surface area contributed by atoms with E-state index >= 15 is 0 Å². The van der Waals surface area contributed by atoms with Crippen molar-refractivity contribution in [2.24, 2.45) is 5.73 Å². The summed E-state index contributed by atoms with van der Waals surface area (Å²) >= 11 is 0. The first-order valence-electron chi connectivity index (χ1n) is 6.21. The second-order valence-electron chi connectivity index (χ2n) is 4.18. The van der Waals surface area contributed by atoms with Crippen LogP contribution in [0.15, 0.2) is 6.20 Å². The largest absolute Gasteiger partial charge is 0.353 e. The number of hydrogen-bond acceptors (Lipinski definition) is 5. The van der Waals surface area contributed by atoms with Gasteiger partial charge in [-0.05, 0) is 25.8 Å². The highest BCUT2D eigenvalue weighted by atomic mass is 16.7. The van der Waals surface area contributed by atoms with Gasteiger partial charge in [0.25, 0.3) is 0 Å². The third-order valence-corrected chi connectivity index (χ3v) is 2.75. The minimum Gasteiger partial charge on any atom is -0.353 e. The molecule has 2 rings (SSSR count). The number of ether oxygens (including phenoxy) is 2. The van der Waals surface area contributed by atoms with Crippen molar-refractivity contribution in [2.45, 2.75) is 38.5 Å². The van der Waals surface area contributed by atoms with Gasteiger partial charge in [0.1, 0.15) is 0 Å². The summed E-state index contributed by atoms with van der Waals surface area (Å²) in [7, 11) is 0. The van der Waals surface area contributed by atoms with Gasteiger partial charge >= 0.3 is 0 Å². The molecule has 2 heterocycles. The number of rotatable bonds is 6. The van der Waals surface area contributed by atoms with Gasteiger partial charge in [0.2, 0.25) is 0 Å². The Hall–Kier alpha value is -0.980. The predicted molar refractivity (Wildman–Crippen MR) is 62.3 cm³/mol. The van der Waals surface area contributed by atoms with Gasteiger partial charge in [-0.25, -0.2) is 4.68 Å². The van der Waals surface area contributed by atoms with E-state index in [1.54, 1.807) is 4.68 Å². The van der Waals surface area contributed by atoms with E-state index in [0.29, 0.717) is 19.7 Å². The minimum atomic E-state index is -0.0317. The van der Waals surface area contributed by atoms with Crippen molar-refractivity contribution < 1.29 is 9.47 Å². The summed E-state index contributed by atoms with van der Waals surface area (Å²) < 4.78 is 12.9. The predicted octanol–water partition coefficient (Wildman–Crippen LogP) is 0.322. The average Bonchev–Trinajstić information content (AvgIpc) is 2.79. The Balaban J connectivity index is 1.66. The van der Waals surface area contributed by atoms with E-state index in [4.69, 9.17) is 15.2 Å². The molecular formula is C11H20N4O2. The van der Waals surface area contributed by atoms with E-state index in [-0.39, 0.29) is 6.29 Å². The molecule has 0 saturated carbocycles. The second-order valence-corrected chi connectivity index (χ2v) is 4.18. The molecule has 0 spiro atoms. The Kier molecular flexibility index (Phi) is 4.90. The average molecular weight is 240 g/mol. The summed E-state index contributed by atoms with van der Waals surface area (Å²) in [5.41, 5.74) is 6.38. The molecule has 1 aliphatic heterocycles. The van der Waals surface area contributed by atoms with Gasteiger partial charge < -0.3 is 15.2 Å². The van der Waals surface area contributed by atoms with E-state index in [1.165, 1.54) is 6.42 Å². The molecule has 96 valence electrons. The third kappa shape index (κ3) is 4.07. The Bertz CT molecular complexity index is 323. The lowest BCUT2D eigenvalue weighted by molar-refractivity contribution is -0.163. The lowest BCUT2D eigenvalue weighted by Gasteiger charge is -2.22. The molecule has 0 bridgehead atoms. The fraction of sp³-hybridized carbons (Fsp3) is 0.818. The minimum absolute atomic E-state index is 0.0317. The monoisotopic (exact) mass is 240 g/mol. The van der Waals surface area contributed by atoms with Crippen molar-refractivity contribution in [3.05, 3.63) is 11.9 Å². The first-order chi connectivity index (χ1) is 8.38. The van der Waals surface area contributed by atoms with Gasteiger partial charge in [0, 0.05) is 19.2 Å². The van der Waals surface area contributed by atoms with Crippen molar-refractivity contribution in [3.63, 3.8) is 0 Å². The van der Waals surface area contributed by atoms with Crippen LogP contribution in [-0.2, 0) is 22.4 Å². The van der Waals surface area contributed by atoms with Crippen molar-refractivity contribution in [1.29, 1.82) is 0 Å². The Morgan fingerprint density at radius 2 is 2.47 bits per heavy atom. The molecule has 17 heavy (non-hydrogen) atoms. The summed E-state index contributed by atoms with van der Waals surface area (Å²) in [6.07, 6.45) is 5.98. The Labute approximate surface area is 101 Å². The molecule has 6 nitrogen and oxygen atoms in total. The lowest BCUT2D eigenvalue weighted by atomic mass is 10.2. The van der Waals surface area contributed by atoms with Gasteiger partial charge in [0.15, 0.2) is 6.29 Å². The fourth-order valence-corrected chi connectivity index (χ4v) is 1.83. The topological polar surface area (TPSA) is 75.2 Å². The number of nitrogens with two attached hydrogens (primary N) is 1. The normalized spacial score (nSPS) is 20.6. The number of hydrogen-bond donors (Lipinski definition) is 1. The molecule has 6 heteroatoms. The van der Waals surface area contributed by atoms with E-state index in [0.717, 1.165) is 31.6 Å². The van der Waals surface area contributed by atoms with E-state index in [2.05, 4.69) is 10.3 Å². The molecule has 0 radical (unpaired) electrons. The van der Waals surface area contributed by atoms with Crippen LogP contribution in [0.3, 0.4) is 0 Å². The molecule has 0 amide bonds. The molecular weight excluding hydrogens is 220 g/mol. The van der Waals surface area contributed by atoms with Crippen molar-refractivity contribution in [3.8, 4) is 0 Å². The number of nitrogens with zero attached hydrogens (tertiary/aromatic N) is 3. The second kappa shape index (κ2) is 6.68. The highest BCUT2D eigenvalue weighted by Crippen LogP contribution is 2.13. The van der Waals surface area contributed by atoms with Crippen LogP contribution in [0.2, 0.25) is 0 Å². The first-order valence-corrected chi connectivity index (χ1v) is 6.21. The SMILES string of the molecule is NCCc1cn(CCOC2CCCCO2)nn1. The van der Waals surface area contributed by atoms with Gasteiger partial charge in [-0.15, -0.1) is 5.10 Å². The Morgan fingerprint density at radius 3 is 3.24 bits per heavy atom. The van der Waals surface area contributed by atoms with Crippen LogP contribution in [0.4, 0.5) is 0 Å². The molecule has 0 aliphatic carbocycles. The van der Waals surface area contributed by atoms with Gasteiger partial charge in [-0.1, -0.05) is 5.21 Å². The van der Waals surface area contributed by atoms with Crippen molar-refractivity contribution >= 4 is 0 Å². The van der Waals surface area contributed by atoms with E-state index < -0.39 is 0 Å². The first kappa shape index (κ1) is 12.5. The van der Waals surface area contributed by atoms with Crippen LogP contribution in [0.25, 0.3) is 0 Å². The van der Waals surface area contributed by atoms with Crippen LogP contribution in [0, 0.1) is 0 Å². The Morgan fingerprint density at radius 1 is 1.53 bits per heavy atom. The molecule has 1 atom stereocenters. The zero-order valence-corrected chi connectivity index (χ0v) is 10.0. The van der Waals surface area contributed by atoms with Crippen LogP contribution < -0.4 is 5.73 Å².